The molecule has 1 aliphatic carbocycles. The highest BCUT2D eigenvalue weighted by Crippen LogP contribution is 2.49. The summed E-state index contributed by atoms with van der Waals surface area (Å²) in [6, 6.07) is 6.54. The van der Waals surface area contributed by atoms with Crippen molar-refractivity contribution in [3.05, 3.63) is 36.0 Å². The first kappa shape index (κ1) is 12.1. The van der Waals surface area contributed by atoms with Gasteiger partial charge in [0.1, 0.15) is 5.54 Å². The number of aromatic amines is 1. The van der Waals surface area contributed by atoms with Gasteiger partial charge >= 0.3 is 6.18 Å². The predicted octanol–water partition coefficient (Wildman–Crippen LogP) is 2.99. The highest BCUT2D eigenvalue weighted by Gasteiger charge is 2.64. The van der Waals surface area contributed by atoms with Gasteiger partial charge in [-0.25, -0.2) is 0 Å². The van der Waals surface area contributed by atoms with Crippen molar-refractivity contribution in [1.82, 2.24) is 10.3 Å². The number of carbonyl (C=O) groups is 1. The van der Waals surface area contributed by atoms with E-state index in [-0.39, 0.29) is 18.4 Å². The second kappa shape index (κ2) is 3.76. The van der Waals surface area contributed by atoms with Gasteiger partial charge in [-0.3, -0.25) is 4.79 Å². The molecule has 100 valence electrons. The number of nitrogens with one attached hydrogen (secondary N) is 2. The van der Waals surface area contributed by atoms with Crippen LogP contribution >= 0.6 is 0 Å². The SMILES string of the molecule is O=C(NC1(C(F)(F)F)CC1)c1ccc2[nH]ccc2c1. The molecule has 1 aliphatic rings. The summed E-state index contributed by atoms with van der Waals surface area (Å²) in [4.78, 5) is 14.9. The summed E-state index contributed by atoms with van der Waals surface area (Å²) < 4.78 is 38.3. The summed E-state index contributed by atoms with van der Waals surface area (Å²) in [6.45, 7) is 0. The van der Waals surface area contributed by atoms with Gasteiger partial charge in [-0.1, -0.05) is 0 Å². The fourth-order valence-corrected chi connectivity index (χ4v) is 2.09. The van der Waals surface area contributed by atoms with Crippen LogP contribution in [0.3, 0.4) is 0 Å². The number of hydrogen-bond acceptors (Lipinski definition) is 1. The second-order valence-electron chi connectivity index (χ2n) is 4.81. The summed E-state index contributed by atoms with van der Waals surface area (Å²) in [5, 5.41) is 2.90. The van der Waals surface area contributed by atoms with Gasteiger partial charge < -0.3 is 10.3 Å². The topological polar surface area (TPSA) is 44.9 Å². The molecule has 1 heterocycles. The quantitative estimate of drug-likeness (QED) is 0.864. The predicted molar refractivity (Wildman–Crippen MR) is 63.8 cm³/mol. The molecule has 1 aromatic heterocycles. The minimum Gasteiger partial charge on any atom is -0.361 e. The zero-order valence-corrected chi connectivity index (χ0v) is 9.84. The molecule has 3 nitrogen and oxygen atoms in total. The molecule has 1 saturated carbocycles. The van der Waals surface area contributed by atoms with E-state index in [0.29, 0.717) is 0 Å². The van der Waals surface area contributed by atoms with E-state index in [1.165, 1.54) is 6.07 Å². The number of amides is 1. The van der Waals surface area contributed by atoms with Crippen molar-refractivity contribution in [3.63, 3.8) is 0 Å². The molecule has 1 aromatic carbocycles. The van der Waals surface area contributed by atoms with Gasteiger partial charge in [0.15, 0.2) is 0 Å². The van der Waals surface area contributed by atoms with Crippen molar-refractivity contribution >= 4 is 16.8 Å². The van der Waals surface area contributed by atoms with E-state index in [4.69, 9.17) is 0 Å². The lowest BCUT2D eigenvalue weighted by atomic mass is 10.1. The molecule has 19 heavy (non-hydrogen) atoms. The van der Waals surface area contributed by atoms with E-state index in [2.05, 4.69) is 10.3 Å². The Balaban J connectivity index is 1.84. The third-order valence-corrected chi connectivity index (χ3v) is 3.46. The van der Waals surface area contributed by atoms with Crippen molar-refractivity contribution in [2.24, 2.45) is 0 Å². The first-order chi connectivity index (χ1) is 8.91. The molecular formula is C13H11F3N2O. The van der Waals surface area contributed by atoms with Crippen LogP contribution in [0.1, 0.15) is 23.2 Å². The third-order valence-electron chi connectivity index (χ3n) is 3.46. The van der Waals surface area contributed by atoms with Crippen LogP contribution in [-0.2, 0) is 0 Å². The molecule has 0 unspecified atom stereocenters. The highest BCUT2D eigenvalue weighted by molar-refractivity contribution is 5.98. The Kier molecular flexibility index (Phi) is 2.39. The minimum atomic E-state index is -4.39. The van der Waals surface area contributed by atoms with E-state index >= 15 is 0 Å². The zero-order valence-electron chi connectivity index (χ0n) is 9.84. The van der Waals surface area contributed by atoms with E-state index in [1.807, 2.05) is 0 Å². The Bertz CT molecular complexity index is 641. The van der Waals surface area contributed by atoms with Crippen molar-refractivity contribution in [2.45, 2.75) is 24.6 Å². The smallest absolute Gasteiger partial charge is 0.361 e. The normalized spacial score (nSPS) is 17.4. The average Bonchev–Trinajstić information content (AvgIpc) is 2.99. The van der Waals surface area contributed by atoms with Gasteiger partial charge in [0, 0.05) is 22.7 Å². The monoisotopic (exact) mass is 268 g/mol. The number of alkyl halides is 3. The number of H-pyrrole nitrogens is 1. The molecule has 0 radical (unpaired) electrons. The van der Waals surface area contributed by atoms with Gasteiger partial charge in [-0.05, 0) is 37.1 Å². The summed E-state index contributed by atoms with van der Waals surface area (Å²) in [5.74, 6) is -0.682. The van der Waals surface area contributed by atoms with Crippen LogP contribution in [0.4, 0.5) is 13.2 Å². The number of carbonyl (C=O) groups excluding carboxylic acids is 1. The van der Waals surface area contributed by atoms with Crippen LogP contribution in [0, 0.1) is 0 Å². The standard InChI is InChI=1S/C13H11F3N2O/c14-13(15,16)12(4-5-12)18-11(19)9-1-2-10-8(7-9)3-6-17-10/h1-3,6-7,17H,4-5H2,(H,18,19). The Hall–Kier alpha value is -1.98. The van der Waals surface area contributed by atoms with E-state index < -0.39 is 17.6 Å². The van der Waals surface area contributed by atoms with Crippen molar-refractivity contribution in [3.8, 4) is 0 Å². The van der Waals surface area contributed by atoms with Crippen LogP contribution in [-0.4, -0.2) is 22.6 Å². The highest BCUT2D eigenvalue weighted by atomic mass is 19.4. The fraction of sp³-hybridized carbons (Fsp3) is 0.308. The molecular weight excluding hydrogens is 257 g/mol. The molecule has 0 atom stereocenters. The molecule has 0 spiro atoms. The molecule has 2 N–H and O–H groups in total. The lowest BCUT2D eigenvalue weighted by molar-refractivity contribution is -0.163. The Morgan fingerprint density at radius 1 is 1.26 bits per heavy atom. The minimum absolute atomic E-state index is 0.0470. The second-order valence-corrected chi connectivity index (χ2v) is 4.81. The molecule has 6 heteroatoms. The number of benzene rings is 1. The van der Waals surface area contributed by atoms with Gasteiger partial charge in [0.25, 0.3) is 5.91 Å². The van der Waals surface area contributed by atoms with Crippen LogP contribution in [0.25, 0.3) is 10.9 Å². The number of hydrogen-bond donors (Lipinski definition) is 2. The summed E-state index contributed by atoms with van der Waals surface area (Å²) in [7, 11) is 0. The van der Waals surface area contributed by atoms with Crippen molar-refractivity contribution in [2.75, 3.05) is 0 Å². The van der Waals surface area contributed by atoms with Crippen molar-refractivity contribution < 1.29 is 18.0 Å². The fourth-order valence-electron chi connectivity index (χ4n) is 2.09. The maximum atomic E-state index is 12.8. The lowest BCUT2D eigenvalue weighted by Crippen LogP contribution is -2.47. The first-order valence-electron chi connectivity index (χ1n) is 5.88. The van der Waals surface area contributed by atoms with Crippen LogP contribution < -0.4 is 5.32 Å². The number of rotatable bonds is 2. The van der Waals surface area contributed by atoms with Gasteiger partial charge in [-0.2, -0.15) is 13.2 Å². The van der Waals surface area contributed by atoms with Crippen LogP contribution in [0.5, 0.6) is 0 Å². The molecule has 0 saturated heterocycles. The molecule has 0 bridgehead atoms. The lowest BCUT2D eigenvalue weighted by Gasteiger charge is -2.20. The van der Waals surface area contributed by atoms with Crippen molar-refractivity contribution in [1.29, 1.82) is 0 Å². The Labute approximate surface area is 106 Å². The molecule has 1 amide bonds. The van der Waals surface area contributed by atoms with Gasteiger partial charge in [0.05, 0.1) is 0 Å². The number of aromatic nitrogens is 1. The summed E-state index contributed by atoms with van der Waals surface area (Å²) in [6.07, 6.45) is -2.77. The molecule has 3 rings (SSSR count). The Morgan fingerprint density at radius 3 is 2.63 bits per heavy atom. The van der Waals surface area contributed by atoms with E-state index in [9.17, 15) is 18.0 Å². The number of fused-ring (bicyclic) bond motifs is 1. The summed E-state index contributed by atoms with van der Waals surface area (Å²) in [5.41, 5.74) is -0.937. The maximum Gasteiger partial charge on any atom is 0.411 e. The van der Waals surface area contributed by atoms with E-state index in [1.54, 1.807) is 24.4 Å². The van der Waals surface area contributed by atoms with Gasteiger partial charge in [-0.15, -0.1) is 0 Å². The summed E-state index contributed by atoms with van der Waals surface area (Å²) >= 11 is 0. The molecule has 2 aromatic rings. The largest absolute Gasteiger partial charge is 0.411 e. The first-order valence-corrected chi connectivity index (χ1v) is 5.88. The van der Waals surface area contributed by atoms with Crippen LogP contribution in [0.15, 0.2) is 30.5 Å². The van der Waals surface area contributed by atoms with Gasteiger partial charge in [0.2, 0.25) is 0 Å². The maximum absolute atomic E-state index is 12.8. The average molecular weight is 268 g/mol. The van der Waals surface area contributed by atoms with Crippen LogP contribution in [0.2, 0.25) is 0 Å². The molecule has 1 fully saturated rings. The third kappa shape index (κ3) is 1.97. The zero-order chi connectivity index (χ0) is 13.7. The molecule has 0 aliphatic heterocycles. The Morgan fingerprint density at radius 2 is 2.00 bits per heavy atom. The number of halogens is 3. The van der Waals surface area contributed by atoms with E-state index in [0.717, 1.165) is 10.9 Å².